The largest absolute Gasteiger partial charge is 0.494 e. The Bertz CT molecular complexity index is 3350. The van der Waals surface area contributed by atoms with E-state index in [1.807, 2.05) is 139 Å². The summed E-state index contributed by atoms with van der Waals surface area (Å²) >= 11 is 4.87. The summed E-state index contributed by atoms with van der Waals surface area (Å²) in [5, 5.41) is 6.15. The molecule has 5 aromatic carbocycles. The highest BCUT2D eigenvalue weighted by Crippen LogP contribution is 2.30. The fraction of sp³-hybridized carbons (Fsp3) is 0.333. The number of para-hydroxylation sites is 3. The van der Waals surface area contributed by atoms with E-state index in [4.69, 9.17) is 18.6 Å². The first-order valence-electron chi connectivity index (χ1n) is 28.6. The first-order valence-corrected chi connectivity index (χ1v) is 32.1. The van der Waals surface area contributed by atoms with E-state index >= 15 is 0 Å². The topological polar surface area (TPSA) is 241 Å². The van der Waals surface area contributed by atoms with E-state index in [1.165, 1.54) is 4.70 Å². The Kier molecular flexibility index (Phi) is 23.3. The number of thiazole rings is 1. The van der Waals surface area contributed by atoms with E-state index in [2.05, 4.69) is 53.9 Å². The van der Waals surface area contributed by atoms with Crippen molar-refractivity contribution in [2.45, 2.75) is 73.5 Å². The molecule has 3 aliphatic heterocycles. The maximum atomic E-state index is 11.7. The third-order valence-corrected chi connectivity index (χ3v) is 18.0. The van der Waals surface area contributed by atoms with Crippen molar-refractivity contribution < 1.29 is 47.4 Å². The van der Waals surface area contributed by atoms with Crippen molar-refractivity contribution in [1.29, 1.82) is 0 Å². The number of hydrogen-bond donors (Lipinski definition) is 3. The van der Waals surface area contributed by atoms with Crippen molar-refractivity contribution in [2.75, 3.05) is 75.3 Å². The van der Waals surface area contributed by atoms with Gasteiger partial charge in [-0.05, 0) is 141 Å². The number of nitrogens with one attached hydrogen (secondary N) is 3. The van der Waals surface area contributed by atoms with Gasteiger partial charge in [-0.3, -0.25) is 44.7 Å². The lowest BCUT2D eigenvalue weighted by atomic mass is 10.1. The molecule has 3 N–H and O–H groups in total. The fourth-order valence-electron chi connectivity index (χ4n) is 9.14. The molecule has 3 fully saturated rings. The molecule has 3 atom stereocenters. The summed E-state index contributed by atoms with van der Waals surface area (Å²) in [7, 11) is 6.03. The predicted molar refractivity (Wildman–Crippen MR) is 345 cm³/mol. The Balaban J connectivity index is 0.000000156. The number of hydrogen-bond acceptors (Lipinski definition) is 21. The van der Waals surface area contributed by atoms with Crippen LogP contribution < -0.4 is 44.9 Å². The van der Waals surface area contributed by atoms with Crippen LogP contribution in [0.1, 0.15) is 55.2 Å². The van der Waals surface area contributed by atoms with Crippen LogP contribution in [0.5, 0.6) is 17.2 Å². The molecule has 0 saturated carbocycles. The molecule has 3 aliphatic rings. The maximum Gasteiger partial charge on any atom is 0.298 e. The Hall–Kier alpha value is -8.19. The summed E-state index contributed by atoms with van der Waals surface area (Å²) in [5.74, 6) is 2.51. The number of benzene rings is 5. The number of aromatic nitrogens is 4. The first kappa shape index (κ1) is 63.3. The maximum absolute atomic E-state index is 11.7. The van der Waals surface area contributed by atoms with Gasteiger partial charge in [0, 0.05) is 53.2 Å². The van der Waals surface area contributed by atoms with Crippen LogP contribution in [-0.4, -0.2) is 130 Å². The number of carbonyl (C=O) groups excluding carboxylic acids is 6. The second kappa shape index (κ2) is 32.0. The van der Waals surface area contributed by atoms with E-state index < -0.39 is 0 Å². The molecular weight excluding hydrogens is 1190 g/mol. The molecule has 20 nitrogen and oxygen atoms in total. The fourth-order valence-corrected chi connectivity index (χ4v) is 12.7. The number of fused-ring (bicyclic) bond motifs is 2. The zero-order valence-electron chi connectivity index (χ0n) is 48.5. The molecule has 3 unspecified atom stereocenters. The van der Waals surface area contributed by atoms with Crippen molar-refractivity contribution in [1.82, 2.24) is 35.9 Å². The van der Waals surface area contributed by atoms with Crippen LogP contribution in [0.25, 0.3) is 21.3 Å². The third kappa shape index (κ3) is 19.4. The van der Waals surface area contributed by atoms with Crippen molar-refractivity contribution >= 4 is 118 Å². The summed E-state index contributed by atoms with van der Waals surface area (Å²) in [6.45, 7) is 4.54. The van der Waals surface area contributed by atoms with Crippen molar-refractivity contribution in [3.8, 4) is 17.2 Å². The average molecular weight is 1250 g/mol. The molecule has 0 bridgehead atoms. The SMILES string of the molecule is CN(CCCCOc1ccc(CC2SC(=O)NC2=O)cc1)c1nc2ccccc2o1.CN(CCCCOc1ccc(CC2SC(=O)NC2=O)cc1)c1nc2ccccc2s1.CN(CCCCOc1ccc(CC2SC(=O)NC2=O)cc1)c1ncccn1. The van der Waals surface area contributed by atoms with Crippen LogP contribution >= 0.6 is 46.6 Å². The van der Waals surface area contributed by atoms with E-state index in [-0.39, 0.29) is 49.2 Å². The minimum absolute atomic E-state index is 0.207. The lowest BCUT2D eigenvalue weighted by Gasteiger charge is -2.16. The Morgan fingerprint density at radius 1 is 0.460 bits per heavy atom. The summed E-state index contributed by atoms with van der Waals surface area (Å²) < 4.78 is 24.4. The molecule has 87 heavy (non-hydrogen) atoms. The van der Waals surface area contributed by atoms with Crippen LogP contribution in [0.15, 0.2) is 144 Å². The van der Waals surface area contributed by atoms with Gasteiger partial charge < -0.3 is 33.3 Å². The van der Waals surface area contributed by atoms with Gasteiger partial charge in [0.25, 0.3) is 21.7 Å². The van der Waals surface area contributed by atoms with Gasteiger partial charge in [-0.25, -0.2) is 15.0 Å². The number of nitrogens with zero attached hydrogens (tertiary/aromatic N) is 7. The number of thioether (sulfide) groups is 3. The summed E-state index contributed by atoms with van der Waals surface area (Å²) in [6.07, 6.45) is 10.8. The predicted octanol–water partition coefficient (Wildman–Crippen LogP) is 11.2. The van der Waals surface area contributed by atoms with E-state index in [0.717, 1.165) is 155 Å². The normalized spacial score (nSPS) is 16.1. The number of oxazole rings is 1. The number of anilines is 3. The van der Waals surface area contributed by atoms with E-state index in [1.54, 1.807) is 29.8 Å². The van der Waals surface area contributed by atoms with Crippen LogP contribution in [-0.2, 0) is 33.6 Å². The van der Waals surface area contributed by atoms with E-state index in [0.29, 0.717) is 45.1 Å². The molecule has 6 amide bonds. The summed E-state index contributed by atoms with van der Waals surface area (Å²) in [5.41, 5.74) is 5.74. The molecule has 0 spiro atoms. The number of carbonyl (C=O) groups is 6. The smallest absolute Gasteiger partial charge is 0.298 e. The van der Waals surface area contributed by atoms with E-state index in [9.17, 15) is 28.8 Å². The molecule has 0 radical (unpaired) electrons. The second-order valence-corrected chi connectivity index (χ2v) is 25.1. The van der Waals surface area contributed by atoms with Gasteiger partial charge in [0.05, 0.1) is 45.8 Å². The zero-order valence-corrected chi connectivity index (χ0v) is 51.7. The van der Waals surface area contributed by atoms with Crippen molar-refractivity contribution in [2.24, 2.45) is 0 Å². The highest BCUT2D eigenvalue weighted by Gasteiger charge is 2.33. The molecule has 3 saturated heterocycles. The van der Waals surface area contributed by atoms with Crippen LogP contribution in [0.2, 0.25) is 0 Å². The number of amides is 6. The van der Waals surface area contributed by atoms with Gasteiger partial charge >= 0.3 is 0 Å². The van der Waals surface area contributed by atoms with Gasteiger partial charge in [-0.15, -0.1) is 0 Å². The second-order valence-electron chi connectivity index (χ2n) is 20.6. The molecule has 454 valence electrons. The standard InChI is InChI=1S/C22H23N3O4S.C22H23N3O3S2.C19H22N4O3S/c2*1-25(21-23-17-6-2-3-7-18(17)29-21)12-4-5-13-28-16-10-8-15(9-11-16)14-19-20(26)24-22(27)30-19;1-23(18-20-9-4-10-21-18)11-2-3-12-26-15-7-5-14(6-8-15)13-16-17(24)22-19(25)27-16/h2*2-3,6-11,19H,4-5,12-14H2,1H3,(H,24,26,27);4-10,16H,2-3,11-13H2,1H3,(H,22,24,25). The first-order chi connectivity index (χ1) is 42.3. The van der Waals surface area contributed by atoms with Crippen molar-refractivity contribution in [3.05, 3.63) is 156 Å². The molecule has 11 rings (SSSR count). The monoisotopic (exact) mass is 1250 g/mol. The quantitative estimate of drug-likeness (QED) is 0.0405. The number of unbranched alkanes of at least 4 members (excludes halogenated alkanes) is 3. The highest BCUT2D eigenvalue weighted by atomic mass is 32.2. The molecule has 3 aromatic heterocycles. The number of ether oxygens (including phenoxy) is 3. The van der Waals surface area contributed by atoms with Crippen molar-refractivity contribution in [3.63, 3.8) is 0 Å². The Labute approximate surface area is 521 Å². The average Bonchev–Trinajstić information content (AvgIpc) is 3.56. The minimum Gasteiger partial charge on any atom is -0.494 e. The molecule has 8 aromatic rings. The molecule has 24 heteroatoms. The van der Waals surface area contributed by atoms with Gasteiger partial charge in [0.1, 0.15) is 22.8 Å². The zero-order chi connectivity index (χ0) is 60.9. The summed E-state index contributed by atoms with van der Waals surface area (Å²) in [6, 6.07) is 41.5. The summed E-state index contributed by atoms with van der Waals surface area (Å²) in [4.78, 5) is 92.5. The Morgan fingerprint density at radius 2 is 0.874 bits per heavy atom. The van der Waals surface area contributed by atoms with Crippen LogP contribution in [0.3, 0.4) is 0 Å². The van der Waals surface area contributed by atoms with Crippen LogP contribution in [0.4, 0.5) is 31.5 Å². The number of rotatable bonds is 27. The molecule has 6 heterocycles. The van der Waals surface area contributed by atoms with Gasteiger partial charge in [0.15, 0.2) is 10.7 Å². The molecular formula is C63H68N10O10S4. The van der Waals surface area contributed by atoms with Gasteiger partial charge in [0.2, 0.25) is 23.7 Å². The lowest BCUT2D eigenvalue weighted by molar-refractivity contribution is -0.119. The number of imide groups is 3. The van der Waals surface area contributed by atoms with Gasteiger partial charge in [-0.1, -0.05) is 107 Å². The van der Waals surface area contributed by atoms with Gasteiger partial charge in [-0.2, -0.15) is 4.98 Å². The Morgan fingerprint density at radius 3 is 1.30 bits per heavy atom. The molecule has 0 aliphatic carbocycles. The highest BCUT2D eigenvalue weighted by molar-refractivity contribution is 8.16. The lowest BCUT2D eigenvalue weighted by Crippen LogP contribution is -2.25. The van der Waals surface area contributed by atoms with Crippen LogP contribution in [0, 0.1) is 0 Å². The minimum atomic E-state index is -0.345. The third-order valence-electron chi connectivity index (χ3n) is 13.9.